The molecular weight excluding hydrogens is 218 g/mol. The van der Waals surface area contributed by atoms with Crippen molar-refractivity contribution in [3.63, 3.8) is 0 Å². The predicted molar refractivity (Wildman–Crippen MR) is 78.8 cm³/mol. The van der Waals surface area contributed by atoms with Crippen molar-refractivity contribution in [3.05, 3.63) is 35.4 Å². The van der Waals surface area contributed by atoms with Crippen LogP contribution in [0.4, 0.5) is 0 Å². The van der Waals surface area contributed by atoms with E-state index >= 15 is 0 Å². The second-order valence-corrected chi connectivity index (χ2v) is 5.53. The van der Waals surface area contributed by atoms with Gasteiger partial charge in [-0.2, -0.15) is 0 Å². The second kappa shape index (κ2) is 6.94. The summed E-state index contributed by atoms with van der Waals surface area (Å²) in [5.41, 5.74) is 3.14. The maximum atomic E-state index is 3.74. The van der Waals surface area contributed by atoms with E-state index in [-0.39, 0.29) is 0 Å². The fourth-order valence-corrected chi connectivity index (χ4v) is 3.31. The lowest BCUT2D eigenvalue weighted by Gasteiger charge is -2.27. The zero-order chi connectivity index (χ0) is 12.8. The van der Waals surface area contributed by atoms with Gasteiger partial charge in [0.15, 0.2) is 0 Å². The highest BCUT2D eigenvalue weighted by molar-refractivity contribution is 5.31. The predicted octanol–water partition coefficient (Wildman–Crippen LogP) is 4.48. The lowest BCUT2D eigenvalue weighted by molar-refractivity contribution is 0.321. The topological polar surface area (TPSA) is 12.0 Å². The number of benzene rings is 1. The van der Waals surface area contributed by atoms with Crippen LogP contribution >= 0.6 is 0 Å². The molecule has 0 radical (unpaired) electrons. The molecule has 2 rings (SSSR count). The monoisotopic (exact) mass is 245 g/mol. The number of nitrogens with one attached hydrogen (secondary N) is 1. The van der Waals surface area contributed by atoms with E-state index in [0.29, 0.717) is 6.04 Å². The molecule has 1 aromatic carbocycles. The summed E-state index contributed by atoms with van der Waals surface area (Å²) in [6.45, 7) is 5.60. The van der Waals surface area contributed by atoms with Gasteiger partial charge < -0.3 is 5.32 Å². The van der Waals surface area contributed by atoms with Gasteiger partial charge in [0.05, 0.1) is 0 Å². The third kappa shape index (κ3) is 3.14. The van der Waals surface area contributed by atoms with Gasteiger partial charge in [0.25, 0.3) is 0 Å². The molecule has 0 aromatic heterocycles. The van der Waals surface area contributed by atoms with Gasteiger partial charge in [-0.15, -0.1) is 0 Å². The third-order valence-electron chi connectivity index (χ3n) is 4.24. The quantitative estimate of drug-likeness (QED) is 0.754. The minimum Gasteiger partial charge on any atom is -0.310 e. The van der Waals surface area contributed by atoms with Gasteiger partial charge in [0.1, 0.15) is 0 Å². The third-order valence-corrected chi connectivity index (χ3v) is 4.24. The molecule has 0 heterocycles. The Bertz CT molecular complexity index is 356. The highest BCUT2D eigenvalue weighted by Gasteiger charge is 2.26. The van der Waals surface area contributed by atoms with Crippen LogP contribution in [-0.2, 0) is 6.42 Å². The van der Waals surface area contributed by atoms with Crippen molar-refractivity contribution < 1.29 is 0 Å². The fraction of sp³-hybridized carbons (Fsp3) is 0.647. The molecule has 1 aliphatic rings. The van der Waals surface area contributed by atoms with Gasteiger partial charge in [-0.25, -0.2) is 0 Å². The van der Waals surface area contributed by atoms with E-state index in [1.54, 1.807) is 11.1 Å². The van der Waals surface area contributed by atoms with E-state index in [2.05, 4.69) is 43.4 Å². The molecule has 0 saturated heterocycles. The van der Waals surface area contributed by atoms with Crippen LogP contribution in [0.25, 0.3) is 0 Å². The van der Waals surface area contributed by atoms with E-state index in [0.717, 1.165) is 12.5 Å². The molecule has 0 fully saturated rings. The smallest absolute Gasteiger partial charge is 0.0351 e. The van der Waals surface area contributed by atoms with E-state index in [4.69, 9.17) is 0 Å². The Morgan fingerprint density at radius 2 is 2.06 bits per heavy atom. The van der Waals surface area contributed by atoms with Crippen molar-refractivity contribution in [1.82, 2.24) is 5.32 Å². The molecule has 0 aliphatic heterocycles. The van der Waals surface area contributed by atoms with Crippen LogP contribution in [0.1, 0.15) is 63.1 Å². The van der Waals surface area contributed by atoms with E-state index in [1.165, 1.54) is 38.5 Å². The average Bonchev–Trinajstić information content (AvgIpc) is 2.57. The number of fused-ring (bicyclic) bond motifs is 1. The molecule has 2 atom stereocenters. The minimum atomic E-state index is 0.584. The summed E-state index contributed by atoms with van der Waals surface area (Å²) in [5.74, 6) is 0.827. The molecular formula is C17H27N. The zero-order valence-electron chi connectivity index (χ0n) is 11.9. The Balaban J connectivity index is 2.22. The van der Waals surface area contributed by atoms with Crippen LogP contribution in [-0.4, -0.2) is 6.54 Å². The van der Waals surface area contributed by atoms with Crippen LogP contribution in [0.5, 0.6) is 0 Å². The first kappa shape index (κ1) is 13.6. The van der Waals surface area contributed by atoms with Crippen molar-refractivity contribution in [1.29, 1.82) is 0 Å². The molecule has 2 unspecified atom stereocenters. The Morgan fingerprint density at radius 1 is 1.22 bits per heavy atom. The lowest BCUT2D eigenvalue weighted by Crippen LogP contribution is -2.28. The number of aryl methyl sites for hydroxylation is 1. The molecule has 1 N–H and O–H groups in total. The Kier molecular flexibility index (Phi) is 5.25. The van der Waals surface area contributed by atoms with Gasteiger partial charge in [0, 0.05) is 6.04 Å². The summed E-state index contributed by atoms with van der Waals surface area (Å²) in [6.07, 6.45) is 8.06. The van der Waals surface area contributed by atoms with E-state index < -0.39 is 0 Å². The van der Waals surface area contributed by atoms with Crippen LogP contribution in [0.3, 0.4) is 0 Å². The second-order valence-electron chi connectivity index (χ2n) is 5.53. The number of hydrogen-bond donors (Lipinski definition) is 1. The van der Waals surface area contributed by atoms with Gasteiger partial charge in [0.2, 0.25) is 0 Å². The number of rotatable bonds is 5. The lowest BCUT2D eigenvalue weighted by atomic mass is 9.87. The van der Waals surface area contributed by atoms with Crippen LogP contribution in [0.15, 0.2) is 24.3 Å². The fourth-order valence-electron chi connectivity index (χ4n) is 3.31. The van der Waals surface area contributed by atoms with Crippen molar-refractivity contribution in [3.8, 4) is 0 Å². The Labute approximate surface area is 112 Å². The molecule has 0 saturated carbocycles. The highest BCUT2D eigenvalue weighted by atomic mass is 14.9. The van der Waals surface area contributed by atoms with Crippen LogP contribution < -0.4 is 5.32 Å². The van der Waals surface area contributed by atoms with Crippen molar-refractivity contribution in [2.75, 3.05) is 6.54 Å². The normalized spacial score (nSPS) is 23.4. The molecule has 1 aliphatic carbocycles. The molecule has 0 amide bonds. The summed E-state index contributed by atoms with van der Waals surface area (Å²) < 4.78 is 0. The van der Waals surface area contributed by atoms with E-state index in [1.807, 2.05) is 0 Å². The van der Waals surface area contributed by atoms with Crippen LogP contribution in [0.2, 0.25) is 0 Å². The SMILES string of the molecule is CCCCC1CCCc2ccccc2C1NCC. The summed E-state index contributed by atoms with van der Waals surface area (Å²) in [6, 6.07) is 9.63. The molecule has 1 heteroatoms. The Hall–Kier alpha value is -0.820. The van der Waals surface area contributed by atoms with Gasteiger partial charge in [-0.05, 0) is 49.3 Å². The van der Waals surface area contributed by atoms with Crippen molar-refractivity contribution in [2.45, 2.75) is 58.4 Å². The van der Waals surface area contributed by atoms with Crippen molar-refractivity contribution >= 4 is 0 Å². The van der Waals surface area contributed by atoms with Crippen molar-refractivity contribution in [2.24, 2.45) is 5.92 Å². The molecule has 100 valence electrons. The zero-order valence-corrected chi connectivity index (χ0v) is 11.9. The molecule has 1 aromatic rings. The summed E-state index contributed by atoms with van der Waals surface area (Å²) in [7, 11) is 0. The van der Waals surface area contributed by atoms with Gasteiger partial charge >= 0.3 is 0 Å². The molecule has 0 bridgehead atoms. The maximum absolute atomic E-state index is 3.74. The Morgan fingerprint density at radius 3 is 2.83 bits per heavy atom. The molecule has 1 nitrogen and oxygen atoms in total. The average molecular weight is 245 g/mol. The molecule has 18 heavy (non-hydrogen) atoms. The first-order valence-electron chi connectivity index (χ1n) is 7.68. The van der Waals surface area contributed by atoms with Crippen LogP contribution in [0, 0.1) is 5.92 Å². The summed E-state index contributed by atoms with van der Waals surface area (Å²) in [5, 5.41) is 3.74. The first-order valence-corrected chi connectivity index (χ1v) is 7.68. The summed E-state index contributed by atoms with van der Waals surface area (Å²) in [4.78, 5) is 0. The highest BCUT2D eigenvalue weighted by Crippen LogP contribution is 2.35. The molecule has 0 spiro atoms. The summed E-state index contributed by atoms with van der Waals surface area (Å²) >= 11 is 0. The minimum absolute atomic E-state index is 0.584. The van der Waals surface area contributed by atoms with Gasteiger partial charge in [-0.3, -0.25) is 0 Å². The largest absolute Gasteiger partial charge is 0.310 e. The number of hydrogen-bond acceptors (Lipinski definition) is 1. The number of unbranched alkanes of at least 4 members (excludes halogenated alkanes) is 1. The van der Waals surface area contributed by atoms with E-state index in [9.17, 15) is 0 Å². The first-order chi connectivity index (χ1) is 8.86. The maximum Gasteiger partial charge on any atom is 0.0351 e. The standard InChI is InChI=1S/C17H27N/c1-3-5-9-15-12-8-11-14-10-6-7-13-16(14)17(15)18-4-2/h6-7,10,13,15,17-18H,3-5,8-9,11-12H2,1-2H3. The van der Waals surface area contributed by atoms with Gasteiger partial charge in [-0.1, -0.05) is 51.0 Å².